The zero-order chi connectivity index (χ0) is 18.3. The third-order valence-electron chi connectivity index (χ3n) is 5.62. The number of ether oxygens (including phenoxy) is 1. The second kappa shape index (κ2) is 6.64. The minimum Gasteiger partial charge on any atom is -0.444 e. The van der Waals surface area contributed by atoms with Crippen LogP contribution < -0.4 is 0 Å². The molecule has 140 valence electrons. The highest BCUT2D eigenvalue weighted by atomic mass is 16.6. The van der Waals surface area contributed by atoms with Crippen LogP contribution in [0.1, 0.15) is 63.5 Å². The van der Waals surface area contributed by atoms with Gasteiger partial charge in [0.1, 0.15) is 5.60 Å². The quantitative estimate of drug-likeness (QED) is 0.820. The average Bonchev–Trinajstić information content (AvgIpc) is 3.33. The molecule has 0 bridgehead atoms. The minimum atomic E-state index is -0.425. The average molecular weight is 354 g/mol. The lowest BCUT2D eigenvalue weighted by Gasteiger charge is -2.33. The molecule has 0 radical (unpaired) electrons. The Hall–Kier alpha value is -1.97. The van der Waals surface area contributed by atoms with E-state index in [0.29, 0.717) is 5.92 Å². The van der Waals surface area contributed by atoms with Crippen molar-refractivity contribution in [1.29, 1.82) is 0 Å². The molecule has 1 aromatic heterocycles. The maximum absolute atomic E-state index is 12.2. The Labute approximate surface area is 155 Å². The fourth-order valence-electron chi connectivity index (χ4n) is 3.97. The molecule has 0 unspecified atom stereocenters. The number of aromatic amines is 1. The van der Waals surface area contributed by atoms with Gasteiger partial charge in [-0.3, -0.25) is 0 Å². The van der Waals surface area contributed by atoms with Crippen molar-refractivity contribution in [1.82, 2.24) is 9.88 Å². The standard InChI is InChI=1S/C22H30N2O2/c1-22(2,3)26-21(25)24-10-8-16(9-11-24)17-6-7-20-19(13-17)18(14-23-20)12-15-4-5-15/h6-7,13-16,23H,4-5,8-12H2,1-3H3. The molecule has 0 spiro atoms. The summed E-state index contributed by atoms with van der Waals surface area (Å²) in [5.74, 6) is 1.43. The van der Waals surface area contributed by atoms with E-state index in [2.05, 4.69) is 29.4 Å². The number of carbonyl (C=O) groups excluding carboxylic acids is 1. The highest BCUT2D eigenvalue weighted by Gasteiger charge is 2.28. The van der Waals surface area contributed by atoms with Crippen LogP contribution in [0.2, 0.25) is 0 Å². The first kappa shape index (κ1) is 17.4. The number of piperidine rings is 1. The summed E-state index contributed by atoms with van der Waals surface area (Å²) in [7, 11) is 0. The minimum absolute atomic E-state index is 0.177. The molecule has 0 atom stereocenters. The van der Waals surface area contributed by atoms with Crippen molar-refractivity contribution in [3.63, 3.8) is 0 Å². The number of hydrogen-bond acceptors (Lipinski definition) is 2. The molecule has 4 rings (SSSR count). The van der Waals surface area contributed by atoms with E-state index in [0.717, 1.165) is 31.8 Å². The Morgan fingerprint density at radius 2 is 1.92 bits per heavy atom. The number of benzene rings is 1. The number of amides is 1. The van der Waals surface area contributed by atoms with Crippen LogP contribution >= 0.6 is 0 Å². The summed E-state index contributed by atoms with van der Waals surface area (Å²) in [6.45, 7) is 7.31. The summed E-state index contributed by atoms with van der Waals surface area (Å²) in [6, 6.07) is 6.87. The maximum Gasteiger partial charge on any atom is 0.410 e. The van der Waals surface area contributed by atoms with Gasteiger partial charge in [0, 0.05) is 30.2 Å². The van der Waals surface area contributed by atoms with Crippen molar-refractivity contribution < 1.29 is 9.53 Å². The summed E-state index contributed by atoms with van der Waals surface area (Å²) >= 11 is 0. The number of rotatable bonds is 3. The van der Waals surface area contributed by atoms with Crippen LogP contribution in [0, 0.1) is 5.92 Å². The fourth-order valence-corrected chi connectivity index (χ4v) is 3.97. The van der Waals surface area contributed by atoms with Crippen LogP contribution in [0.5, 0.6) is 0 Å². The molecule has 1 saturated carbocycles. The third-order valence-corrected chi connectivity index (χ3v) is 5.62. The van der Waals surface area contributed by atoms with Gasteiger partial charge in [0.05, 0.1) is 0 Å². The Kier molecular flexibility index (Phi) is 4.45. The smallest absolute Gasteiger partial charge is 0.410 e. The Bertz CT molecular complexity index is 790. The number of carbonyl (C=O) groups is 1. The summed E-state index contributed by atoms with van der Waals surface area (Å²) in [6.07, 6.45) is 8.01. The molecule has 1 amide bonds. The van der Waals surface area contributed by atoms with Crippen LogP contribution in [-0.4, -0.2) is 34.7 Å². The number of aromatic nitrogens is 1. The Morgan fingerprint density at radius 3 is 2.58 bits per heavy atom. The molecule has 1 saturated heterocycles. The Balaban J connectivity index is 1.43. The van der Waals surface area contributed by atoms with Crippen LogP contribution in [0.15, 0.2) is 24.4 Å². The molecular weight excluding hydrogens is 324 g/mol. The van der Waals surface area contributed by atoms with Gasteiger partial charge in [-0.2, -0.15) is 0 Å². The van der Waals surface area contributed by atoms with Gasteiger partial charge in [-0.15, -0.1) is 0 Å². The van der Waals surface area contributed by atoms with Crippen molar-refractivity contribution in [3.05, 3.63) is 35.5 Å². The molecule has 1 aromatic carbocycles. The van der Waals surface area contributed by atoms with Crippen molar-refractivity contribution in [2.24, 2.45) is 5.92 Å². The maximum atomic E-state index is 12.2. The number of nitrogens with one attached hydrogen (secondary N) is 1. The van der Waals surface area contributed by atoms with E-state index < -0.39 is 5.60 Å². The van der Waals surface area contributed by atoms with E-state index in [-0.39, 0.29) is 6.09 Å². The van der Waals surface area contributed by atoms with Crippen molar-refractivity contribution in [2.75, 3.05) is 13.1 Å². The molecule has 1 N–H and O–H groups in total. The lowest BCUT2D eigenvalue weighted by molar-refractivity contribution is 0.0205. The number of hydrogen-bond donors (Lipinski definition) is 1. The predicted octanol–water partition coefficient (Wildman–Crippen LogP) is 5.23. The largest absolute Gasteiger partial charge is 0.444 e. The van der Waals surface area contributed by atoms with Gasteiger partial charge in [-0.1, -0.05) is 6.07 Å². The topological polar surface area (TPSA) is 45.3 Å². The van der Waals surface area contributed by atoms with Crippen LogP contribution in [0.4, 0.5) is 4.79 Å². The molecule has 1 aliphatic heterocycles. The van der Waals surface area contributed by atoms with Gasteiger partial charge in [0.2, 0.25) is 0 Å². The zero-order valence-electron chi connectivity index (χ0n) is 16.2. The van der Waals surface area contributed by atoms with Gasteiger partial charge in [0.25, 0.3) is 0 Å². The first-order valence-corrected chi connectivity index (χ1v) is 9.97. The highest BCUT2D eigenvalue weighted by molar-refractivity contribution is 5.84. The second-order valence-electron chi connectivity index (χ2n) is 9.01. The number of likely N-dealkylation sites (tertiary alicyclic amines) is 1. The second-order valence-corrected chi connectivity index (χ2v) is 9.01. The van der Waals surface area contributed by atoms with E-state index in [1.54, 1.807) is 0 Å². The molecular formula is C22H30N2O2. The molecule has 2 aromatic rings. The van der Waals surface area contributed by atoms with Gasteiger partial charge >= 0.3 is 6.09 Å². The highest BCUT2D eigenvalue weighted by Crippen LogP contribution is 2.36. The Morgan fingerprint density at radius 1 is 1.19 bits per heavy atom. The SMILES string of the molecule is CC(C)(C)OC(=O)N1CCC(c2ccc3[nH]cc(CC4CC4)c3c2)CC1. The molecule has 2 aliphatic rings. The van der Waals surface area contributed by atoms with E-state index in [1.807, 2.05) is 25.7 Å². The first-order chi connectivity index (χ1) is 12.4. The van der Waals surface area contributed by atoms with E-state index in [9.17, 15) is 4.79 Å². The monoisotopic (exact) mass is 354 g/mol. The lowest BCUT2D eigenvalue weighted by atomic mass is 9.88. The third kappa shape index (κ3) is 3.89. The van der Waals surface area contributed by atoms with Gasteiger partial charge < -0.3 is 14.6 Å². The summed E-state index contributed by atoms with van der Waals surface area (Å²) in [5, 5.41) is 1.39. The van der Waals surface area contributed by atoms with Crippen LogP contribution in [0.3, 0.4) is 0 Å². The summed E-state index contributed by atoms with van der Waals surface area (Å²) < 4.78 is 5.51. The first-order valence-electron chi connectivity index (χ1n) is 9.97. The van der Waals surface area contributed by atoms with E-state index >= 15 is 0 Å². The molecule has 26 heavy (non-hydrogen) atoms. The van der Waals surface area contributed by atoms with Crippen molar-refractivity contribution >= 4 is 17.0 Å². The number of H-pyrrole nitrogens is 1. The molecule has 4 heteroatoms. The molecule has 1 aliphatic carbocycles. The number of fused-ring (bicyclic) bond motifs is 1. The van der Waals surface area contributed by atoms with Crippen LogP contribution in [-0.2, 0) is 11.2 Å². The molecule has 2 fully saturated rings. The number of nitrogens with zero attached hydrogens (tertiary/aromatic N) is 1. The van der Waals surface area contributed by atoms with E-state index in [1.165, 1.54) is 41.3 Å². The fraction of sp³-hybridized carbons (Fsp3) is 0.591. The van der Waals surface area contributed by atoms with Crippen LogP contribution in [0.25, 0.3) is 10.9 Å². The normalized spacial score (nSPS) is 19.1. The van der Waals surface area contributed by atoms with Crippen molar-refractivity contribution in [2.45, 2.75) is 64.4 Å². The molecule has 2 heterocycles. The lowest BCUT2D eigenvalue weighted by Crippen LogP contribution is -2.41. The predicted molar refractivity (Wildman–Crippen MR) is 105 cm³/mol. The van der Waals surface area contributed by atoms with Crippen molar-refractivity contribution in [3.8, 4) is 0 Å². The van der Waals surface area contributed by atoms with Gasteiger partial charge in [0.15, 0.2) is 0 Å². The molecule has 4 nitrogen and oxygen atoms in total. The summed E-state index contributed by atoms with van der Waals surface area (Å²) in [5.41, 5.74) is 3.70. The van der Waals surface area contributed by atoms with E-state index in [4.69, 9.17) is 4.74 Å². The summed E-state index contributed by atoms with van der Waals surface area (Å²) in [4.78, 5) is 17.5. The zero-order valence-corrected chi connectivity index (χ0v) is 16.2. The van der Waals surface area contributed by atoms with Gasteiger partial charge in [-0.05, 0) is 88.0 Å². The van der Waals surface area contributed by atoms with Gasteiger partial charge in [-0.25, -0.2) is 4.79 Å².